The third kappa shape index (κ3) is 6.43. The summed E-state index contributed by atoms with van der Waals surface area (Å²) < 4.78 is 29.6. The van der Waals surface area contributed by atoms with Gasteiger partial charge in [-0.25, -0.2) is 13.1 Å². The molecule has 0 amide bonds. The molecule has 1 saturated heterocycles. The van der Waals surface area contributed by atoms with E-state index in [0.717, 1.165) is 37.6 Å². The third-order valence-electron chi connectivity index (χ3n) is 4.96. The standard InChI is InChI=1S/C20H28N4O2S3.Au/c1-24(2,3)18-8-10-19(11-9-18)29(25,26)21-16-4-6-17(7-5-16)22-12-14-23(15-13-22)20(27)28;/h4-11,20,27-28H,12-15H2,1-3H3;/p-2. The summed E-state index contributed by atoms with van der Waals surface area (Å²) in [7, 11) is 2.33. The predicted octanol–water partition coefficient (Wildman–Crippen LogP) is 2.77. The fraction of sp³-hybridized carbons (Fsp3) is 0.400. The summed E-state index contributed by atoms with van der Waals surface area (Å²) in [5.74, 6) is 0. The quantitative estimate of drug-likeness (QED) is 0.273. The Morgan fingerprint density at radius 3 is 1.90 bits per heavy atom. The zero-order chi connectivity index (χ0) is 21.2. The van der Waals surface area contributed by atoms with Gasteiger partial charge in [0.25, 0.3) is 0 Å². The van der Waals surface area contributed by atoms with Gasteiger partial charge in [-0.1, -0.05) is 12.1 Å². The molecule has 0 aromatic heterocycles. The summed E-state index contributed by atoms with van der Waals surface area (Å²) in [4.78, 5) is 4.53. The summed E-state index contributed by atoms with van der Waals surface area (Å²) in [6, 6.07) is 14.1. The van der Waals surface area contributed by atoms with Crippen LogP contribution in [0.3, 0.4) is 0 Å². The first-order chi connectivity index (χ1) is 13.6. The van der Waals surface area contributed by atoms with E-state index >= 15 is 0 Å². The Balaban J connectivity index is 0.00000320. The van der Waals surface area contributed by atoms with E-state index < -0.39 is 10.0 Å². The van der Waals surface area contributed by atoms with Crippen LogP contribution in [-0.2, 0) is 57.7 Å². The first-order valence-corrected chi connectivity index (χ1v) is 11.8. The van der Waals surface area contributed by atoms with Crippen molar-refractivity contribution in [1.82, 2.24) is 9.38 Å². The minimum absolute atomic E-state index is 0. The van der Waals surface area contributed by atoms with Crippen LogP contribution in [0.2, 0.25) is 0 Å². The van der Waals surface area contributed by atoms with Crippen molar-refractivity contribution >= 4 is 52.3 Å². The maximum absolute atomic E-state index is 12.6. The number of anilines is 1. The van der Waals surface area contributed by atoms with E-state index in [1.54, 1.807) is 24.3 Å². The van der Waals surface area contributed by atoms with Crippen LogP contribution < -0.4 is 9.38 Å². The number of hydrogen-bond acceptors (Lipinski definition) is 6. The first-order valence-electron chi connectivity index (χ1n) is 9.37. The summed E-state index contributed by atoms with van der Waals surface area (Å²) in [6.07, 6.45) is 0. The molecule has 10 heteroatoms. The summed E-state index contributed by atoms with van der Waals surface area (Å²) in [5.41, 5.74) is 2.48. The van der Waals surface area contributed by atoms with Gasteiger partial charge in [0, 0.05) is 66.4 Å². The molecule has 30 heavy (non-hydrogen) atoms. The molecule has 2 aromatic rings. The fourth-order valence-corrected chi connectivity index (χ4v) is 4.58. The van der Waals surface area contributed by atoms with Gasteiger partial charge in [0.1, 0.15) is 15.7 Å². The van der Waals surface area contributed by atoms with Gasteiger partial charge in [-0.3, -0.25) is 4.48 Å². The number of piperazine rings is 1. The Labute approximate surface area is 206 Å². The Morgan fingerprint density at radius 2 is 1.43 bits per heavy atom. The van der Waals surface area contributed by atoms with Gasteiger partial charge in [0.15, 0.2) is 0 Å². The molecule has 169 valence electrons. The molecule has 0 spiro atoms. The molecule has 0 unspecified atom stereocenters. The maximum atomic E-state index is 12.6. The van der Waals surface area contributed by atoms with E-state index in [-0.39, 0.29) is 32.0 Å². The fourth-order valence-electron chi connectivity index (χ4n) is 3.17. The molecule has 0 N–H and O–H groups in total. The van der Waals surface area contributed by atoms with Gasteiger partial charge in [-0.05, 0) is 24.3 Å². The molecular weight excluding hydrogens is 621 g/mol. The van der Waals surface area contributed by atoms with Crippen LogP contribution in [0, 0.1) is 0 Å². The molecule has 1 fully saturated rings. The van der Waals surface area contributed by atoms with Crippen LogP contribution in [0.15, 0.2) is 53.4 Å². The van der Waals surface area contributed by atoms with Crippen molar-refractivity contribution in [1.29, 1.82) is 0 Å². The maximum Gasteiger partial charge on any atom is 0.132 e. The molecule has 1 aliphatic heterocycles. The molecule has 1 heterocycles. The minimum atomic E-state index is -3.76. The van der Waals surface area contributed by atoms with Crippen molar-refractivity contribution in [2.24, 2.45) is 0 Å². The Morgan fingerprint density at radius 1 is 0.900 bits per heavy atom. The molecule has 3 rings (SSSR count). The molecule has 0 bridgehead atoms. The first kappa shape index (κ1) is 25.6. The van der Waals surface area contributed by atoms with Gasteiger partial charge in [0.05, 0.1) is 26.0 Å². The van der Waals surface area contributed by atoms with E-state index in [0.29, 0.717) is 10.2 Å². The summed E-state index contributed by atoms with van der Waals surface area (Å²) in [6.45, 7) is 3.36. The van der Waals surface area contributed by atoms with Crippen LogP contribution in [0.25, 0.3) is 4.72 Å². The van der Waals surface area contributed by atoms with Crippen molar-refractivity contribution in [3.8, 4) is 0 Å². The summed E-state index contributed by atoms with van der Waals surface area (Å²) >= 11 is 10.3. The van der Waals surface area contributed by atoms with Crippen LogP contribution >= 0.6 is 0 Å². The molecule has 1 aliphatic rings. The summed E-state index contributed by atoms with van der Waals surface area (Å²) in [5, 5.41) is 0. The number of sulfonamides is 1. The Kier molecular flexibility index (Phi) is 8.80. The van der Waals surface area contributed by atoms with Crippen LogP contribution in [0.1, 0.15) is 0 Å². The Hall–Kier alpha value is -0.650. The van der Waals surface area contributed by atoms with Crippen LogP contribution in [-0.4, -0.2) is 65.3 Å². The van der Waals surface area contributed by atoms with Crippen molar-refractivity contribution in [2.45, 2.75) is 9.60 Å². The van der Waals surface area contributed by atoms with Gasteiger partial charge in [-0.15, -0.1) is 5.69 Å². The van der Waals surface area contributed by atoms with Gasteiger partial charge in [-0.2, -0.15) is 0 Å². The van der Waals surface area contributed by atoms with Crippen molar-refractivity contribution in [3.63, 3.8) is 0 Å². The molecule has 6 nitrogen and oxygen atoms in total. The predicted molar refractivity (Wildman–Crippen MR) is 125 cm³/mol. The molecule has 2 aromatic carbocycles. The monoisotopic (exact) mass is 647 g/mol. The number of hydrogen-bond donors (Lipinski definition) is 0. The molecular formula is C20H26AuN4O2S3-2. The van der Waals surface area contributed by atoms with E-state index in [1.165, 1.54) is 0 Å². The molecule has 0 atom stereocenters. The molecule has 0 aliphatic carbocycles. The van der Waals surface area contributed by atoms with Crippen LogP contribution in [0.4, 0.5) is 17.1 Å². The van der Waals surface area contributed by atoms with E-state index in [1.807, 2.05) is 45.4 Å². The van der Waals surface area contributed by atoms with Crippen molar-refractivity contribution in [2.75, 3.05) is 52.2 Å². The average Bonchev–Trinajstić information content (AvgIpc) is 2.68. The van der Waals surface area contributed by atoms with Crippen molar-refractivity contribution in [3.05, 3.63) is 53.3 Å². The van der Waals surface area contributed by atoms with E-state index in [9.17, 15) is 8.42 Å². The number of quaternary nitrogens is 1. The SMILES string of the molecule is C[N+](C)(C)c1ccc(S(=O)(=O)[N-]c2ccc(N3CCN(C([S-])[S-])CC3)cc2)cc1.[Au]. The molecule has 1 radical (unpaired) electrons. The second-order valence-corrected chi connectivity index (χ2v) is 10.7. The van der Waals surface area contributed by atoms with Gasteiger partial charge >= 0.3 is 0 Å². The van der Waals surface area contributed by atoms with E-state index in [2.05, 4.69) is 14.5 Å². The largest absolute Gasteiger partial charge is 0.800 e. The minimum Gasteiger partial charge on any atom is -0.800 e. The number of rotatable bonds is 6. The smallest absolute Gasteiger partial charge is 0.132 e. The van der Waals surface area contributed by atoms with E-state index in [4.69, 9.17) is 25.3 Å². The third-order valence-corrected chi connectivity index (χ3v) is 6.88. The zero-order valence-corrected chi connectivity index (χ0v) is 21.8. The van der Waals surface area contributed by atoms with Gasteiger partial charge in [0.2, 0.25) is 0 Å². The number of nitrogens with zero attached hydrogens (tertiary/aromatic N) is 4. The molecule has 0 saturated carbocycles. The van der Waals surface area contributed by atoms with Crippen molar-refractivity contribution < 1.29 is 30.8 Å². The Bertz CT molecular complexity index is 922. The number of benzene rings is 2. The van der Waals surface area contributed by atoms with Crippen LogP contribution in [0.5, 0.6) is 0 Å². The topological polar surface area (TPSA) is 54.7 Å². The average molecular weight is 648 g/mol. The van der Waals surface area contributed by atoms with Gasteiger partial charge < -0.3 is 39.8 Å². The normalized spacial score (nSPS) is 15.7. The zero-order valence-electron chi connectivity index (χ0n) is 17.2. The second kappa shape index (κ2) is 10.3. The second-order valence-electron chi connectivity index (χ2n) is 7.92.